The molecule has 0 amide bonds. The molecule has 1 aliphatic heterocycles. The molecule has 7 heteroatoms. The Labute approximate surface area is 132 Å². The van der Waals surface area contributed by atoms with Crippen molar-refractivity contribution in [2.24, 2.45) is 10.7 Å². The monoisotopic (exact) mass is 313 g/mol. The molecule has 3 heterocycles. The normalized spacial score (nSPS) is 23.9. The summed E-state index contributed by atoms with van der Waals surface area (Å²) in [7, 11) is 0. The Hall–Kier alpha value is -2.70. The van der Waals surface area contributed by atoms with Crippen molar-refractivity contribution in [1.82, 2.24) is 14.9 Å². The van der Waals surface area contributed by atoms with Crippen LogP contribution in [0.2, 0.25) is 0 Å². The number of rotatable bonds is 2. The number of pyridine rings is 1. The molecule has 118 valence electrons. The van der Waals surface area contributed by atoms with Crippen molar-refractivity contribution in [1.29, 1.82) is 0 Å². The van der Waals surface area contributed by atoms with Crippen LogP contribution in [0.25, 0.3) is 5.70 Å². The quantitative estimate of drug-likeness (QED) is 0.921. The van der Waals surface area contributed by atoms with Crippen molar-refractivity contribution >= 4 is 11.5 Å². The summed E-state index contributed by atoms with van der Waals surface area (Å²) in [6.45, 7) is 2.35. The third kappa shape index (κ3) is 2.19. The molecular weight excluding hydrogens is 297 g/mol. The number of hydrogen-bond acceptors (Lipinski definition) is 6. The summed E-state index contributed by atoms with van der Waals surface area (Å²) in [6.07, 6.45) is 4.09. The number of aliphatic imine (C=N–C) groups is 1. The van der Waals surface area contributed by atoms with E-state index in [9.17, 15) is 4.39 Å². The highest BCUT2D eigenvalue weighted by Gasteiger charge is 2.38. The van der Waals surface area contributed by atoms with E-state index in [4.69, 9.17) is 10.2 Å². The van der Waals surface area contributed by atoms with E-state index >= 15 is 0 Å². The summed E-state index contributed by atoms with van der Waals surface area (Å²) >= 11 is 0. The average molecular weight is 313 g/mol. The number of amidine groups is 1. The molecule has 0 saturated carbocycles. The van der Waals surface area contributed by atoms with Crippen molar-refractivity contribution in [3.05, 3.63) is 53.6 Å². The number of allylic oxidation sites excluding steroid dienone is 1. The van der Waals surface area contributed by atoms with Gasteiger partial charge in [-0.2, -0.15) is 0 Å². The maximum atomic E-state index is 14.3. The Morgan fingerprint density at radius 1 is 1.35 bits per heavy atom. The van der Waals surface area contributed by atoms with Crippen molar-refractivity contribution in [3.8, 4) is 0 Å². The lowest BCUT2D eigenvalue weighted by Gasteiger charge is -2.34. The Balaban J connectivity index is 1.77. The minimum atomic E-state index is -1.01. The molecule has 2 aliphatic rings. The first-order chi connectivity index (χ1) is 11.1. The van der Waals surface area contributed by atoms with Gasteiger partial charge in [0.2, 0.25) is 5.89 Å². The van der Waals surface area contributed by atoms with Crippen LogP contribution >= 0.6 is 0 Å². The lowest BCUT2D eigenvalue weighted by atomic mass is 10.1. The predicted octanol–water partition coefficient (Wildman–Crippen LogP) is 2.59. The zero-order valence-electron chi connectivity index (χ0n) is 12.6. The van der Waals surface area contributed by atoms with Gasteiger partial charge in [-0.05, 0) is 13.0 Å². The van der Waals surface area contributed by atoms with Crippen LogP contribution in [0.4, 0.5) is 4.39 Å². The van der Waals surface area contributed by atoms with Crippen molar-refractivity contribution in [2.75, 3.05) is 6.54 Å². The van der Waals surface area contributed by atoms with Gasteiger partial charge in [0, 0.05) is 23.9 Å². The molecule has 23 heavy (non-hydrogen) atoms. The largest absolute Gasteiger partial charge is 0.443 e. The first-order valence-electron chi connectivity index (χ1n) is 7.44. The molecule has 0 fully saturated rings. The molecule has 4 rings (SSSR count). The Bertz CT molecular complexity index is 799. The molecule has 0 saturated heterocycles. The lowest BCUT2D eigenvalue weighted by Crippen LogP contribution is -2.38. The van der Waals surface area contributed by atoms with Gasteiger partial charge in [-0.3, -0.25) is 4.98 Å². The van der Waals surface area contributed by atoms with Gasteiger partial charge in [0.05, 0.1) is 24.5 Å². The number of halogens is 1. The van der Waals surface area contributed by atoms with Gasteiger partial charge >= 0.3 is 0 Å². The zero-order chi connectivity index (χ0) is 16.0. The second-order valence-corrected chi connectivity index (χ2v) is 5.70. The number of alkyl halides is 1. The van der Waals surface area contributed by atoms with E-state index in [1.54, 1.807) is 24.5 Å². The number of aromatic nitrogens is 2. The van der Waals surface area contributed by atoms with E-state index in [1.807, 2.05) is 11.8 Å². The molecule has 2 N–H and O–H groups in total. The van der Waals surface area contributed by atoms with Gasteiger partial charge < -0.3 is 15.1 Å². The van der Waals surface area contributed by atoms with Crippen LogP contribution in [-0.2, 0) is 0 Å². The average Bonchev–Trinajstić information content (AvgIpc) is 3.18. The fourth-order valence-corrected chi connectivity index (χ4v) is 3.26. The van der Waals surface area contributed by atoms with E-state index in [0.717, 1.165) is 11.4 Å². The molecule has 2 aromatic rings. The SMILES string of the molecule is CC1=C(c2ncco2)N=C(N)CN1[C@@H]1C[C@@H](F)c2cccnc21. The molecule has 0 radical (unpaired) electrons. The molecule has 6 nitrogen and oxygen atoms in total. The molecular formula is C16H16FN5O. The minimum absolute atomic E-state index is 0.166. The zero-order valence-corrected chi connectivity index (χ0v) is 12.6. The summed E-state index contributed by atoms with van der Waals surface area (Å²) in [5.74, 6) is 0.856. The van der Waals surface area contributed by atoms with Gasteiger partial charge in [0.25, 0.3) is 0 Å². The molecule has 0 bridgehead atoms. The molecule has 0 spiro atoms. The van der Waals surface area contributed by atoms with E-state index in [0.29, 0.717) is 36.0 Å². The van der Waals surface area contributed by atoms with E-state index in [2.05, 4.69) is 15.0 Å². The molecule has 2 atom stereocenters. The minimum Gasteiger partial charge on any atom is -0.443 e. The van der Waals surface area contributed by atoms with Crippen LogP contribution in [0.1, 0.15) is 42.7 Å². The third-order valence-corrected chi connectivity index (χ3v) is 4.33. The highest BCUT2D eigenvalue weighted by Crippen LogP contribution is 2.45. The summed E-state index contributed by atoms with van der Waals surface area (Å²) in [4.78, 5) is 14.9. The van der Waals surface area contributed by atoms with Gasteiger partial charge in [-0.15, -0.1) is 0 Å². The molecule has 2 aromatic heterocycles. The Kier molecular flexibility index (Phi) is 3.14. The topological polar surface area (TPSA) is 80.5 Å². The van der Waals surface area contributed by atoms with Crippen LogP contribution in [-0.4, -0.2) is 27.2 Å². The molecule has 0 unspecified atom stereocenters. The fraction of sp³-hybridized carbons (Fsp3) is 0.312. The molecule has 1 aliphatic carbocycles. The first-order valence-corrected chi connectivity index (χ1v) is 7.44. The Morgan fingerprint density at radius 3 is 3.00 bits per heavy atom. The predicted molar refractivity (Wildman–Crippen MR) is 82.9 cm³/mol. The smallest absolute Gasteiger partial charge is 0.246 e. The van der Waals surface area contributed by atoms with Crippen LogP contribution < -0.4 is 5.73 Å². The van der Waals surface area contributed by atoms with Crippen molar-refractivity contribution in [3.63, 3.8) is 0 Å². The van der Waals surface area contributed by atoms with Crippen LogP contribution in [0, 0.1) is 0 Å². The number of hydrogen-bond donors (Lipinski definition) is 1. The summed E-state index contributed by atoms with van der Waals surface area (Å²) < 4.78 is 19.7. The van der Waals surface area contributed by atoms with Crippen LogP contribution in [0.15, 0.2) is 45.9 Å². The number of nitrogens with zero attached hydrogens (tertiary/aromatic N) is 4. The summed E-state index contributed by atoms with van der Waals surface area (Å²) in [5, 5.41) is 0. The highest BCUT2D eigenvalue weighted by molar-refractivity contribution is 5.90. The summed E-state index contributed by atoms with van der Waals surface area (Å²) in [6, 6.07) is 3.39. The first kappa shape index (κ1) is 13.9. The number of nitrogens with two attached hydrogens (primary N) is 1. The van der Waals surface area contributed by atoms with Gasteiger partial charge in [-0.25, -0.2) is 14.4 Å². The van der Waals surface area contributed by atoms with Crippen LogP contribution in [0.3, 0.4) is 0 Å². The van der Waals surface area contributed by atoms with Gasteiger partial charge in [0.1, 0.15) is 24.0 Å². The maximum absolute atomic E-state index is 14.3. The third-order valence-electron chi connectivity index (χ3n) is 4.33. The van der Waals surface area contributed by atoms with Gasteiger partial charge in [0.15, 0.2) is 0 Å². The van der Waals surface area contributed by atoms with Crippen molar-refractivity contribution < 1.29 is 8.81 Å². The summed E-state index contributed by atoms with van der Waals surface area (Å²) in [5.41, 5.74) is 8.86. The van der Waals surface area contributed by atoms with E-state index < -0.39 is 6.17 Å². The van der Waals surface area contributed by atoms with Crippen molar-refractivity contribution in [2.45, 2.75) is 25.6 Å². The highest BCUT2D eigenvalue weighted by atomic mass is 19.1. The number of fused-ring (bicyclic) bond motifs is 1. The fourth-order valence-electron chi connectivity index (χ4n) is 3.26. The maximum Gasteiger partial charge on any atom is 0.246 e. The standard InChI is InChI=1S/C16H16FN5O/c1-9-14(16-20-5-6-23-16)21-13(18)8-22(9)12-7-11(17)10-3-2-4-19-15(10)12/h2-6,11-12H,7-8H2,1H3,(H2,18,21)/t11-,12-/m1/s1. The molecule has 0 aromatic carbocycles. The second-order valence-electron chi connectivity index (χ2n) is 5.70. The second kappa shape index (κ2) is 5.19. The van der Waals surface area contributed by atoms with Gasteiger partial charge in [-0.1, -0.05) is 6.07 Å². The lowest BCUT2D eigenvalue weighted by molar-refractivity contribution is 0.231. The van der Waals surface area contributed by atoms with E-state index in [-0.39, 0.29) is 6.04 Å². The number of oxazole rings is 1. The Morgan fingerprint density at radius 2 is 2.22 bits per heavy atom. The van der Waals surface area contributed by atoms with E-state index in [1.165, 1.54) is 6.26 Å². The van der Waals surface area contributed by atoms with Crippen LogP contribution in [0.5, 0.6) is 0 Å².